The van der Waals surface area contributed by atoms with Crippen molar-refractivity contribution in [3.63, 3.8) is 0 Å². The highest BCUT2D eigenvalue weighted by molar-refractivity contribution is 5.90. The van der Waals surface area contributed by atoms with Gasteiger partial charge in [-0.1, -0.05) is 13.8 Å². The van der Waals surface area contributed by atoms with E-state index in [1.807, 2.05) is 6.92 Å². The Balaban J connectivity index is 2.18. The third-order valence-corrected chi connectivity index (χ3v) is 3.27. The van der Waals surface area contributed by atoms with Crippen LogP contribution in [0.5, 0.6) is 0 Å². The Kier molecular flexibility index (Phi) is 4.51. The van der Waals surface area contributed by atoms with E-state index in [0.29, 0.717) is 24.0 Å². The summed E-state index contributed by atoms with van der Waals surface area (Å²) in [4.78, 5) is 20.8. The smallest absolute Gasteiger partial charge is 0.341 e. The molecule has 0 saturated heterocycles. The van der Waals surface area contributed by atoms with Crippen LogP contribution in [-0.4, -0.2) is 22.5 Å². The molecule has 0 atom stereocenters. The summed E-state index contributed by atoms with van der Waals surface area (Å²) < 4.78 is 5.07. The fraction of sp³-hybridized carbons (Fsp3) is 0.667. The molecule has 2 rings (SSSR count). The molecule has 19 heavy (non-hydrogen) atoms. The molecule has 4 nitrogen and oxygen atoms in total. The van der Waals surface area contributed by atoms with Crippen molar-refractivity contribution in [1.82, 2.24) is 9.97 Å². The van der Waals surface area contributed by atoms with Crippen LogP contribution in [0.25, 0.3) is 0 Å². The Morgan fingerprint density at radius 3 is 2.79 bits per heavy atom. The van der Waals surface area contributed by atoms with Crippen LogP contribution in [0.4, 0.5) is 0 Å². The molecule has 0 unspecified atom stereocenters. The van der Waals surface area contributed by atoms with Gasteiger partial charge in [0.15, 0.2) is 0 Å². The number of hydrogen-bond acceptors (Lipinski definition) is 4. The summed E-state index contributed by atoms with van der Waals surface area (Å²) in [5.74, 6) is 1.63. The van der Waals surface area contributed by atoms with Crippen molar-refractivity contribution in [2.45, 2.75) is 52.4 Å². The van der Waals surface area contributed by atoms with Gasteiger partial charge in [-0.05, 0) is 32.1 Å². The molecule has 1 heterocycles. The second kappa shape index (κ2) is 6.13. The van der Waals surface area contributed by atoms with Crippen molar-refractivity contribution in [2.24, 2.45) is 5.92 Å². The van der Waals surface area contributed by atoms with E-state index in [0.717, 1.165) is 37.2 Å². The van der Waals surface area contributed by atoms with Crippen molar-refractivity contribution in [2.75, 3.05) is 6.61 Å². The fourth-order valence-electron chi connectivity index (χ4n) is 2.01. The van der Waals surface area contributed by atoms with Crippen molar-refractivity contribution >= 4 is 5.97 Å². The highest BCUT2D eigenvalue weighted by atomic mass is 16.5. The third kappa shape index (κ3) is 3.75. The number of aromatic nitrogens is 2. The quantitative estimate of drug-likeness (QED) is 0.739. The Hall–Kier alpha value is -1.45. The minimum Gasteiger partial charge on any atom is -0.462 e. The zero-order valence-electron chi connectivity index (χ0n) is 12.0. The summed E-state index contributed by atoms with van der Waals surface area (Å²) in [7, 11) is 0. The number of nitrogens with zero attached hydrogens (tertiary/aromatic N) is 2. The lowest BCUT2D eigenvalue weighted by Gasteiger charge is -2.09. The SMILES string of the molecule is CCOC(=O)c1cnc(CCC(C)C)nc1C1CC1. The van der Waals surface area contributed by atoms with Gasteiger partial charge >= 0.3 is 5.97 Å². The second-order valence-corrected chi connectivity index (χ2v) is 5.51. The molecule has 0 amide bonds. The van der Waals surface area contributed by atoms with Gasteiger partial charge in [0.2, 0.25) is 0 Å². The van der Waals surface area contributed by atoms with Crippen molar-refractivity contribution in [3.8, 4) is 0 Å². The lowest BCUT2D eigenvalue weighted by atomic mass is 10.1. The summed E-state index contributed by atoms with van der Waals surface area (Å²) in [6, 6.07) is 0. The Bertz CT molecular complexity index is 453. The molecule has 0 N–H and O–H groups in total. The van der Waals surface area contributed by atoms with Gasteiger partial charge in [-0.15, -0.1) is 0 Å². The zero-order chi connectivity index (χ0) is 13.8. The normalized spacial score (nSPS) is 14.7. The highest BCUT2D eigenvalue weighted by Crippen LogP contribution is 2.40. The maximum Gasteiger partial charge on any atom is 0.341 e. The van der Waals surface area contributed by atoms with Crippen LogP contribution >= 0.6 is 0 Å². The Morgan fingerprint density at radius 2 is 2.21 bits per heavy atom. The third-order valence-electron chi connectivity index (χ3n) is 3.27. The topological polar surface area (TPSA) is 52.1 Å². The van der Waals surface area contributed by atoms with Crippen LogP contribution in [0.2, 0.25) is 0 Å². The summed E-state index contributed by atoms with van der Waals surface area (Å²) in [5, 5.41) is 0. The van der Waals surface area contributed by atoms with E-state index < -0.39 is 0 Å². The van der Waals surface area contributed by atoms with E-state index in [1.54, 1.807) is 6.20 Å². The van der Waals surface area contributed by atoms with E-state index >= 15 is 0 Å². The molecule has 104 valence electrons. The van der Waals surface area contributed by atoms with Crippen LogP contribution in [-0.2, 0) is 11.2 Å². The van der Waals surface area contributed by atoms with Gasteiger partial charge in [0, 0.05) is 18.5 Å². The Labute approximate surface area is 114 Å². The number of rotatable bonds is 6. The summed E-state index contributed by atoms with van der Waals surface area (Å²) >= 11 is 0. The van der Waals surface area contributed by atoms with Gasteiger partial charge in [0.25, 0.3) is 0 Å². The first-order valence-electron chi connectivity index (χ1n) is 7.14. The first-order chi connectivity index (χ1) is 9.11. The molecule has 1 saturated carbocycles. The molecule has 0 spiro atoms. The highest BCUT2D eigenvalue weighted by Gasteiger charge is 2.30. The van der Waals surface area contributed by atoms with Gasteiger partial charge in [0.1, 0.15) is 5.82 Å². The van der Waals surface area contributed by atoms with Crippen LogP contribution in [0.3, 0.4) is 0 Å². The predicted octanol–water partition coefficient (Wildman–Crippen LogP) is 3.12. The maximum absolute atomic E-state index is 11.9. The summed E-state index contributed by atoms with van der Waals surface area (Å²) in [6.07, 6.45) is 5.83. The number of ether oxygens (including phenoxy) is 1. The monoisotopic (exact) mass is 262 g/mol. The minimum atomic E-state index is -0.292. The van der Waals surface area contributed by atoms with Crippen molar-refractivity contribution < 1.29 is 9.53 Å². The van der Waals surface area contributed by atoms with Crippen molar-refractivity contribution in [3.05, 3.63) is 23.3 Å². The molecule has 1 aromatic rings. The molecule has 1 aromatic heterocycles. The molecule has 4 heteroatoms. The first kappa shape index (κ1) is 14.0. The molecule has 1 aliphatic carbocycles. The summed E-state index contributed by atoms with van der Waals surface area (Å²) in [5.41, 5.74) is 1.45. The maximum atomic E-state index is 11.9. The zero-order valence-corrected chi connectivity index (χ0v) is 12.0. The van der Waals surface area contributed by atoms with Crippen LogP contribution in [0.15, 0.2) is 6.20 Å². The fourth-order valence-corrected chi connectivity index (χ4v) is 2.01. The number of aryl methyl sites for hydroxylation is 1. The van der Waals surface area contributed by atoms with Gasteiger partial charge in [-0.3, -0.25) is 0 Å². The average Bonchev–Trinajstić information content (AvgIpc) is 3.20. The van der Waals surface area contributed by atoms with E-state index in [1.165, 1.54) is 0 Å². The largest absolute Gasteiger partial charge is 0.462 e. The molecular formula is C15H22N2O2. The molecule has 0 aromatic carbocycles. The average molecular weight is 262 g/mol. The number of hydrogen-bond donors (Lipinski definition) is 0. The van der Waals surface area contributed by atoms with E-state index in [4.69, 9.17) is 4.74 Å². The molecule has 0 bridgehead atoms. The Morgan fingerprint density at radius 1 is 1.47 bits per heavy atom. The number of esters is 1. The molecular weight excluding hydrogens is 240 g/mol. The molecule has 1 fully saturated rings. The van der Waals surface area contributed by atoms with E-state index in [-0.39, 0.29) is 5.97 Å². The number of carbonyl (C=O) groups is 1. The predicted molar refractivity (Wildman–Crippen MR) is 73.1 cm³/mol. The second-order valence-electron chi connectivity index (χ2n) is 5.51. The lowest BCUT2D eigenvalue weighted by molar-refractivity contribution is 0.0523. The van der Waals surface area contributed by atoms with E-state index in [2.05, 4.69) is 23.8 Å². The van der Waals surface area contributed by atoms with E-state index in [9.17, 15) is 4.79 Å². The lowest BCUT2D eigenvalue weighted by Crippen LogP contribution is -2.12. The van der Waals surface area contributed by atoms with Crippen LogP contribution in [0.1, 0.15) is 67.8 Å². The van der Waals surface area contributed by atoms with Gasteiger partial charge in [0.05, 0.1) is 17.9 Å². The van der Waals surface area contributed by atoms with Crippen molar-refractivity contribution in [1.29, 1.82) is 0 Å². The standard InChI is InChI=1S/C15H22N2O2/c1-4-19-15(18)12-9-16-13(8-5-10(2)3)17-14(12)11-6-7-11/h9-11H,4-8H2,1-3H3. The van der Waals surface area contributed by atoms with Crippen LogP contribution < -0.4 is 0 Å². The van der Waals surface area contributed by atoms with Crippen LogP contribution in [0, 0.1) is 5.92 Å². The minimum absolute atomic E-state index is 0.292. The molecule has 0 aliphatic heterocycles. The summed E-state index contributed by atoms with van der Waals surface area (Å²) in [6.45, 7) is 6.58. The van der Waals surface area contributed by atoms with Gasteiger partial charge in [-0.25, -0.2) is 14.8 Å². The van der Waals surface area contributed by atoms with Gasteiger partial charge < -0.3 is 4.74 Å². The van der Waals surface area contributed by atoms with Gasteiger partial charge in [-0.2, -0.15) is 0 Å². The molecule has 0 radical (unpaired) electrons. The number of carbonyl (C=O) groups excluding carboxylic acids is 1. The first-order valence-corrected chi connectivity index (χ1v) is 7.14. The molecule has 1 aliphatic rings.